The van der Waals surface area contributed by atoms with Crippen LogP contribution in [0.25, 0.3) is 0 Å². The summed E-state index contributed by atoms with van der Waals surface area (Å²) < 4.78 is 0. The van der Waals surface area contributed by atoms with Crippen molar-refractivity contribution in [1.29, 1.82) is 0 Å². The zero-order chi connectivity index (χ0) is 34.3. The Bertz CT molecular complexity index is 1230. The van der Waals surface area contributed by atoms with Gasteiger partial charge in [0, 0.05) is 11.5 Å². The fourth-order valence-corrected chi connectivity index (χ4v) is 7.10. The molecule has 45 heavy (non-hydrogen) atoms. The molecule has 7 heteroatoms. The molecule has 0 spiro atoms. The molecule has 0 aliphatic heterocycles. The molecule has 0 heterocycles. The van der Waals surface area contributed by atoms with Crippen molar-refractivity contribution in [2.24, 2.45) is 5.41 Å². The van der Waals surface area contributed by atoms with Crippen LogP contribution in [-0.2, 0) is 33.3 Å². The maximum atomic E-state index is 13.0. The van der Waals surface area contributed by atoms with Crippen molar-refractivity contribution >= 4 is 23.7 Å². The summed E-state index contributed by atoms with van der Waals surface area (Å²) in [4.78, 5) is 24.1. The monoisotopic (exact) mass is 642 g/mol. The van der Waals surface area contributed by atoms with Gasteiger partial charge >= 0.3 is 11.9 Å². The minimum Gasteiger partial charge on any atom is -0.507 e. The molecule has 0 saturated heterocycles. The Labute approximate surface area is 276 Å². The quantitative estimate of drug-likeness (QED) is 0.135. The number of aryl methyl sites for hydroxylation is 2. The lowest BCUT2D eigenvalue weighted by molar-refractivity contribution is -0.148. The first-order valence-corrected chi connectivity index (χ1v) is 17.6. The second-order valence-electron chi connectivity index (χ2n) is 15.5. The van der Waals surface area contributed by atoms with E-state index in [9.17, 15) is 24.9 Å². The lowest BCUT2D eigenvalue weighted by Gasteiger charge is -2.30. The van der Waals surface area contributed by atoms with Gasteiger partial charge in [0.2, 0.25) is 0 Å². The highest BCUT2D eigenvalue weighted by molar-refractivity contribution is 7.99. The maximum Gasteiger partial charge on any atom is 0.310 e. The molecule has 0 aliphatic rings. The zero-order valence-corrected chi connectivity index (χ0v) is 30.2. The van der Waals surface area contributed by atoms with Crippen LogP contribution < -0.4 is 0 Å². The van der Waals surface area contributed by atoms with Crippen LogP contribution in [-0.4, -0.2) is 43.9 Å². The number of phenols is 2. The number of benzene rings is 2. The Morgan fingerprint density at radius 2 is 1.11 bits per heavy atom. The number of aromatic hydroxyl groups is 2. The van der Waals surface area contributed by atoms with Gasteiger partial charge in [-0.1, -0.05) is 93.5 Å². The topological polar surface area (TPSA) is 115 Å². The number of hydrogen-bond donors (Lipinski definition) is 4. The number of rotatable bonds is 16. The molecule has 0 unspecified atom stereocenters. The Morgan fingerprint density at radius 1 is 0.711 bits per heavy atom. The van der Waals surface area contributed by atoms with E-state index < -0.39 is 17.4 Å². The van der Waals surface area contributed by atoms with Gasteiger partial charge in [-0.3, -0.25) is 9.59 Å². The number of phenolic OH excluding ortho intramolecular Hbond substituents is 2. The summed E-state index contributed by atoms with van der Waals surface area (Å²) in [6.07, 6.45) is 3.05. The first-order valence-electron chi connectivity index (χ1n) is 16.4. The number of aliphatic carboxylic acids is 2. The molecular weight excluding hydrogens is 584 g/mol. The van der Waals surface area contributed by atoms with Gasteiger partial charge in [0.25, 0.3) is 0 Å². The lowest BCUT2D eigenvalue weighted by Crippen LogP contribution is -2.34. The van der Waals surface area contributed by atoms with Gasteiger partial charge in [0.05, 0.1) is 11.8 Å². The first-order chi connectivity index (χ1) is 20.7. The average Bonchev–Trinajstić information content (AvgIpc) is 2.90. The molecule has 2 rings (SSSR count). The first kappa shape index (κ1) is 38.5. The third-order valence-corrected chi connectivity index (χ3v) is 10.1. The van der Waals surface area contributed by atoms with Gasteiger partial charge in [-0.25, -0.2) is 0 Å². The normalized spacial score (nSPS) is 12.7. The van der Waals surface area contributed by atoms with Crippen molar-refractivity contribution < 1.29 is 30.0 Å². The van der Waals surface area contributed by atoms with Crippen LogP contribution in [0, 0.1) is 5.41 Å². The van der Waals surface area contributed by atoms with Crippen molar-refractivity contribution in [2.75, 3.05) is 11.5 Å². The summed E-state index contributed by atoms with van der Waals surface area (Å²) >= 11 is 1.38. The fourth-order valence-electron chi connectivity index (χ4n) is 5.84. The molecule has 0 aliphatic carbocycles. The van der Waals surface area contributed by atoms with Crippen molar-refractivity contribution in [3.63, 3.8) is 0 Å². The molecule has 0 radical (unpaired) electrons. The van der Waals surface area contributed by atoms with E-state index in [2.05, 4.69) is 93.5 Å². The van der Waals surface area contributed by atoms with Crippen molar-refractivity contribution in [1.82, 2.24) is 0 Å². The van der Waals surface area contributed by atoms with Crippen molar-refractivity contribution in [2.45, 2.75) is 137 Å². The summed E-state index contributed by atoms with van der Waals surface area (Å²) in [5, 5.41) is 42.2. The predicted octanol–water partition coefficient (Wildman–Crippen LogP) is 9.56. The lowest BCUT2D eigenvalue weighted by atomic mass is 9.77. The second kappa shape index (κ2) is 15.8. The number of carboxylic acids is 2. The molecule has 0 saturated carbocycles. The molecule has 4 N–H and O–H groups in total. The fraction of sp³-hybridized carbons (Fsp3) is 0.632. The molecule has 0 amide bonds. The molecule has 0 aromatic heterocycles. The smallest absolute Gasteiger partial charge is 0.310 e. The van der Waals surface area contributed by atoms with Crippen LogP contribution in [0.1, 0.15) is 147 Å². The number of thioether (sulfide) groups is 1. The Hall–Kier alpha value is -2.67. The molecule has 0 atom stereocenters. The Balaban J connectivity index is 2.37. The standard InChI is InChI=1S/C38H58O6S/c1-24(2)28-19-26(33(41)30(21-28)36(5,6)7)13-11-16-38(35(43)44,23-45-18-15-32(39)40)17-12-14-27-20-29(25(3)4)22-31(34(27)42)37(8,9)10/h19-22,24-25,41-42H,11-18,23H2,1-10H3,(H,39,40)(H,43,44). The van der Waals surface area contributed by atoms with E-state index in [0.717, 1.165) is 33.4 Å². The van der Waals surface area contributed by atoms with E-state index in [1.165, 1.54) is 11.8 Å². The summed E-state index contributed by atoms with van der Waals surface area (Å²) in [6, 6.07) is 8.27. The Morgan fingerprint density at radius 3 is 1.42 bits per heavy atom. The van der Waals surface area contributed by atoms with E-state index in [4.69, 9.17) is 5.11 Å². The summed E-state index contributed by atoms with van der Waals surface area (Å²) in [7, 11) is 0. The highest BCUT2D eigenvalue weighted by Crippen LogP contribution is 2.41. The molecule has 2 aromatic rings. The van der Waals surface area contributed by atoms with Crippen LogP contribution in [0.3, 0.4) is 0 Å². The third-order valence-electron chi connectivity index (χ3n) is 8.87. The van der Waals surface area contributed by atoms with Crippen molar-refractivity contribution in [3.05, 3.63) is 57.6 Å². The van der Waals surface area contributed by atoms with Crippen molar-refractivity contribution in [3.8, 4) is 11.5 Å². The van der Waals surface area contributed by atoms with Gasteiger partial charge in [0.1, 0.15) is 11.5 Å². The van der Waals surface area contributed by atoms with Crippen LogP contribution in [0.15, 0.2) is 24.3 Å². The zero-order valence-electron chi connectivity index (χ0n) is 29.3. The second-order valence-corrected chi connectivity index (χ2v) is 16.6. The average molecular weight is 643 g/mol. The van der Waals surface area contributed by atoms with Crippen LogP contribution in [0.4, 0.5) is 0 Å². The minimum atomic E-state index is -1.06. The van der Waals surface area contributed by atoms with Gasteiger partial charge in [-0.2, -0.15) is 11.8 Å². The number of carboxylic acid groups (broad SMARTS) is 2. The summed E-state index contributed by atoms with van der Waals surface area (Å²) in [5.74, 6) is 0.0504. The Kier molecular flexibility index (Phi) is 13.5. The number of carbonyl (C=O) groups is 2. The van der Waals surface area contributed by atoms with Crippen LogP contribution in [0.2, 0.25) is 0 Å². The molecule has 2 aromatic carbocycles. The van der Waals surface area contributed by atoms with Gasteiger partial charge in [-0.05, 0) is 94.6 Å². The molecular formula is C38H58O6S. The van der Waals surface area contributed by atoms with E-state index in [0.29, 0.717) is 73.4 Å². The summed E-state index contributed by atoms with van der Waals surface area (Å²) in [5.41, 5.74) is 4.26. The van der Waals surface area contributed by atoms with E-state index in [-0.39, 0.29) is 17.3 Å². The van der Waals surface area contributed by atoms with E-state index >= 15 is 0 Å². The minimum absolute atomic E-state index is 0.0166. The van der Waals surface area contributed by atoms with Gasteiger partial charge in [0.15, 0.2) is 0 Å². The van der Waals surface area contributed by atoms with Gasteiger partial charge < -0.3 is 20.4 Å². The van der Waals surface area contributed by atoms with E-state index in [1.807, 2.05) is 0 Å². The van der Waals surface area contributed by atoms with E-state index in [1.54, 1.807) is 0 Å². The SMILES string of the molecule is CC(C)c1cc(CCCC(CCCc2cc(C(C)C)cc(C(C)(C)C)c2O)(CSCCC(=O)O)C(=O)O)c(O)c(C(C)(C)C)c1. The predicted molar refractivity (Wildman–Crippen MR) is 187 cm³/mol. The maximum absolute atomic E-state index is 13.0. The molecule has 6 nitrogen and oxygen atoms in total. The van der Waals surface area contributed by atoms with Crippen LogP contribution >= 0.6 is 11.8 Å². The third kappa shape index (κ3) is 10.7. The molecule has 0 fully saturated rings. The van der Waals surface area contributed by atoms with Gasteiger partial charge in [-0.15, -0.1) is 0 Å². The number of hydrogen-bond acceptors (Lipinski definition) is 5. The molecule has 252 valence electrons. The highest BCUT2D eigenvalue weighted by Gasteiger charge is 2.38. The summed E-state index contributed by atoms with van der Waals surface area (Å²) in [6.45, 7) is 21.0. The largest absolute Gasteiger partial charge is 0.507 e. The van der Waals surface area contributed by atoms with Crippen LogP contribution in [0.5, 0.6) is 11.5 Å². The highest BCUT2D eigenvalue weighted by atomic mass is 32.2. The molecule has 0 bridgehead atoms.